The Hall–Kier alpha value is -1.85. The molecule has 0 bridgehead atoms. The van der Waals surface area contributed by atoms with Crippen molar-refractivity contribution >= 4 is 28.5 Å². The van der Waals surface area contributed by atoms with Crippen molar-refractivity contribution in [2.75, 3.05) is 38.1 Å². The number of nitrogens with zero attached hydrogens (tertiary/aromatic N) is 3. The Labute approximate surface area is 129 Å². The molecule has 1 aliphatic heterocycles. The van der Waals surface area contributed by atoms with E-state index in [1.807, 2.05) is 29.6 Å². The number of aliphatic imine (C=N–C) groups is 1. The molecule has 1 aromatic carbocycles. The van der Waals surface area contributed by atoms with Gasteiger partial charge in [0, 0.05) is 31.9 Å². The summed E-state index contributed by atoms with van der Waals surface area (Å²) in [4.78, 5) is 10.3. The van der Waals surface area contributed by atoms with Crippen LogP contribution >= 0.6 is 11.3 Å². The summed E-state index contributed by atoms with van der Waals surface area (Å²) in [6.45, 7) is 4.39. The Kier molecular flexibility index (Phi) is 4.22. The van der Waals surface area contributed by atoms with Crippen molar-refractivity contribution < 1.29 is 0 Å². The first-order valence-corrected chi connectivity index (χ1v) is 8.02. The SMILES string of the molecule is CN1CCN(c2ccc(N=C(N)c3cccs3)cc2)CC1. The molecule has 3 rings (SSSR count). The zero-order valence-corrected chi connectivity index (χ0v) is 13.0. The summed E-state index contributed by atoms with van der Waals surface area (Å²) in [5, 5.41) is 2.01. The topological polar surface area (TPSA) is 44.9 Å². The smallest absolute Gasteiger partial charge is 0.141 e. The molecule has 0 aliphatic carbocycles. The van der Waals surface area contributed by atoms with Gasteiger partial charge >= 0.3 is 0 Å². The van der Waals surface area contributed by atoms with E-state index in [4.69, 9.17) is 5.73 Å². The molecular weight excluding hydrogens is 280 g/mol. The van der Waals surface area contributed by atoms with E-state index < -0.39 is 0 Å². The normalized spacial score (nSPS) is 17.2. The van der Waals surface area contributed by atoms with Gasteiger partial charge in [0.05, 0.1) is 10.6 Å². The van der Waals surface area contributed by atoms with Gasteiger partial charge in [-0.2, -0.15) is 0 Å². The monoisotopic (exact) mass is 300 g/mol. The first-order chi connectivity index (χ1) is 10.2. The van der Waals surface area contributed by atoms with Gasteiger partial charge in [0.1, 0.15) is 5.84 Å². The number of rotatable bonds is 3. The molecule has 0 radical (unpaired) electrons. The Morgan fingerprint density at radius 2 is 1.81 bits per heavy atom. The minimum atomic E-state index is 0.581. The summed E-state index contributed by atoms with van der Waals surface area (Å²) >= 11 is 1.61. The molecule has 1 aliphatic rings. The summed E-state index contributed by atoms with van der Waals surface area (Å²) < 4.78 is 0. The summed E-state index contributed by atoms with van der Waals surface area (Å²) in [5.41, 5.74) is 8.17. The number of anilines is 1. The van der Waals surface area contributed by atoms with Crippen LogP contribution in [0.2, 0.25) is 0 Å². The van der Waals surface area contributed by atoms with Gasteiger partial charge in [-0.1, -0.05) is 6.07 Å². The molecule has 2 aromatic rings. The van der Waals surface area contributed by atoms with E-state index in [-0.39, 0.29) is 0 Å². The predicted octanol–water partition coefficient (Wildman–Crippen LogP) is 2.54. The van der Waals surface area contributed by atoms with E-state index in [0.717, 1.165) is 36.7 Å². The van der Waals surface area contributed by atoms with Crippen LogP contribution in [0.15, 0.2) is 46.8 Å². The van der Waals surface area contributed by atoms with Crippen molar-refractivity contribution in [1.82, 2.24) is 4.90 Å². The average Bonchev–Trinajstić information content (AvgIpc) is 3.03. The molecule has 2 N–H and O–H groups in total. The number of nitrogens with two attached hydrogens (primary N) is 1. The van der Waals surface area contributed by atoms with Crippen molar-refractivity contribution in [3.8, 4) is 0 Å². The maximum Gasteiger partial charge on any atom is 0.141 e. The van der Waals surface area contributed by atoms with Gasteiger partial charge in [-0.15, -0.1) is 11.3 Å². The van der Waals surface area contributed by atoms with Crippen molar-refractivity contribution in [3.63, 3.8) is 0 Å². The lowest BCUT2D eigenvalue weighted by Crippen LogP contribution is -2.44. The molecule has 2 heterocycles. The van der Waals surface area contributed by atoms with Crippen LogP contribution in [0.5, 0.6) is 0 Å². The summed E-state index contributed by atoms with van der Waals surface area (Å²) in [6, 6.07) is 12.3. The minimum absolute atomic E-state index is 0.581. The van der Waals surface area contributed by atoms with Crippen LogP contribution in [0.25, 0.3) is 0 Å². The first-order valence-electron chi connectivity index (χ1n) is 7.14. The van der Waals surface area contributed by atoms with Gasteiger partial charge in [-0.05, 0) is 42.8 Å². The van der Waals surface area contributed by atoms with Crippen molar-refractivity contribution in [2.45, 2.75) is 0 Å². The largest absolute Gasteiger partial charge is 0.383 e. The fourth-order valence-electron chi connectivity index (χ4n) is 2.42. The van der Waals surface area contributed by atoms with Crippen molar-refractivity contribution in [3.05, 3.63) is 46.7 Å². The van der Waals surface area contributed by atoms with E-state index in [1.54, 1.807) is 11.3 Å². The van der Waals surface area contributed by atoms with Crippen molar-refractivity contribution in [1.29, 1.82) is 0 Å². The van der Waals surface area contributed by atoms with Crippen LogP contribution in [0, 0.1) is 0 Å². The second-order valence-corrected chi connectivity index (χ2v) is 6.23. The Balaban J connectivity index is 1.71. The zero-order valence-electron chi connectivity index (χ0n) is 12.2. The highest BCUT2D eigenvalue weighted by atomic mass is 32.1. The molecule has 0 saturated carbocycles. The lowest BCUT2D eigenvalue weighted by atomic mass is 10.2. The lowest BCUT2D eigenvalue weighted by Gasteiger charge is -2.34. The molecule has 1 saturated heterocycles. The average molecular weight is 300 g/mol. The molecule has 5 heteroatoms. The van der Waals surface area contributed by atoms with Crippen LogP contribution in [0.1, 0.15) is 4.88 Å². The van der Waals surface area contributed by atoms with E-state index in [2.05, 4.69) is 34.0 Å². The Bertz CT molecular complexity index is 596. The highest BCUT2D eigenvalue weighted by Gasteiger charge is 2.13. The van der Waals surface area contributed by atoms with E-state index in [0.29, 0.717) is 5.84 Å². The van der Waals surface area contributed by atoms with Gasteiger partial charge < -0.3 is 15.5 Å². The maximum absolute atomic E-state index is 6.01. The fourth-order valence-corrected chi connectivity index (χ4v) is 3.05. The first kappa shape index (κ1) is 14.1. The summed E-state index contributed by atoms with van der Waals surface area (Å²) in [7, 11) is 2.17. The van der Waals surface area contributed by atoms with E-state index >= 15 is 0 Å². The van der Waals surface area contributed by atoms with Crippen LogP contribution in [0.4, 0.5) is 11.4 Å². The molecule has 1 fully saturated rings. The molecule has 0 spiro atoms. The molecule has 0 atom stereocenters. The molecule has 110 valence electrons. The zero-order chi connectivity index (χ0) is 14.7. The summed E-state index contributed by atoms with van der Waals surface area (Å²) in [6.07, 6.45) is 0. The van der Waals surface area contributed by atoms with Crippen LogP contribution in [-0.2, 0) is 0 Å². The second-order valence-electron chi connectivity index (χ2n) is 5.28. The third kappa shape index (κ3) is 3.43. The number of hydrogen-bond donors (Lipinski definition) is 1. The van der Waals surface area contributed by atoms with Gasteiger partial charge in [-0.25, -0.2) is 4.99 Å². The lowest BCUT2D eigenvalue weighted by molar-refractivity contribution is 0.313. The van der Waals surface area contributed by atoms with Crippen LogP contribution in [0.3, 0.4) is 0 Å². The minimum Gasteiger partial charge on any atom is -0.383 e. The third-order valence-electron chi connectivity index (χ3n) is 3.74. The molecular formula is C16H20N4S. The summed E-state index contributed by atoms with van der Waals surface area (Å²) in [5.74, 6) is 0.581. The molecule has 1 aromatic heterocycles. The van der Waals surface area contributed by atoms with E-state index in [1.165, 1.54) is 5.69 Å². The van der Waals surface area contributed by atoms with Crippen LogP contribution in [-0.4, -0.2) is 44.0 Å². The second kappa shape index (κ2) is 6.28. The molecule has 21 heavy (non-hydrogen) atoms. The standard InChI is InChI=1S/C16H20N4S/c1-19-8-10-20(11-9-19)14-6-4-13(5-7-14)18-16(17)15-3-2-12-21-15/h2-7,12H,8-11H2,1H3,(H2,17,18). The number of amidine groups is 1. The quantitative estimate of drug-likeness (QED) is 0.700. The van der Waals surface area contributed by atoms with Gasteiger partial charge in [0.25, 0.3) is 0 Å². The highest BCUT2D eigenvalue weighted by Crippen LogP contribution is 2.21. The van der Waals surface area contributed by atoms with Gasteiger partial charge in [-0.3, -0.25) is 0 Å². The van der Waals surface area contributed by atoms with Crippen molar-refractivity contribution in [2.24, 2.45) is 10.7 Å². The molecule has 0 unspecified atom stereocenters. The van der Waals surface area contributed by atoms with Crippen LogP contribution < -0.4 is 10.6 Å². The predicted molar refractivity (Wildman–Crippen MR) is 90.9 cm³/mol. The number of hydrogen-bond acceptors (Lipinski definition) is 4. The third-order valence-corrected chi connectivity index (χ3v) is 4.63. The van der Waals surface area contributed by atoms with Gasteiger partial charge in [0.15, 0.2) is 0 Å². The highest BCUT2D eigenvalue weighted by molar-refractivity contribution is 7.12. The number of piperazine rings is 1. The number of benzene rings is 1. The number of likely N-dealkylation sites (N-methyl/N-ethyl adjacent to an activating group) is 1. The van der Waals surface area contributed by atoms with E-state index in [9.17, 15) is 0 Å². The molecule has 0 amide bonds. The maximum atomic E-state index is 6.01. The fraction of sp³-hybridized carbons (Fsp3) is 0.312. The molecule has 4 nitrogen and oxygen atoms in total. The Morgan fingerprint density at radius 3 is 2.43 bits per heavy atom. The van der Waals surface area contributed by atoms with Gasteiger partial charge in [0.2, 0.25) is 0 Å². The number of thiophene rings is 1. The Morgan fingerprint density at radius 1 is 1.10 bits per heavy atom.